The molecule has 1 rings (SSSR count). The maximum absolute atomic E-state index is 5.76. The minimum Gasteiger partial charge on any atom is -0.357 e. The molecule has 1 heterocycles. The number of nitrogens with one attached hydrogen (secondary N) is 2. The van der Waals surface area contributed by atoms with Crippen LogP contribution in [0, 0.1) is 5.92 Å². The first-order valence-corrected chi connectivity index (χ1v) is 7.62. The molecule has 1 aromatic heterocycles. The van der Waals surface area contributed by atoms with Crippen LogP contribution >= 0.6 is 35.6 Å². The summed E-state index contributed by atoms with van der Waals surface area (Å²) in [7, 11) is 0. The molecule has 4 nitrogen and oxygen atoms in total. The molecule has 0 bridgehead atoms. The molecular formula is C15H26ClIN4. The van der Waals surface area contributed by atoms with Crippen molar-refractivity contribution >= 4 is 41.5 Å². The second-order valence-corrected chi connectivity index (χ2v) is 5.50. The zero-order valence-electron chi connectivity index (χ0n) is 13.0. The SMILES string of the molecule is CCNC(=NCCC(C)C)NCCc1ccc(Cl)nc1.I. The zero-order valence-corrected chi connectivity index (χ0v) is 16.1. The predicted octanol–water partition coefficient (Wildman–Crippen LogP) is 3.50. The average molecular weight is 425 g/mol. The maximum atomic E-state index is 5.76. The van der Waals surface area contributed by atoms with Crippen molar-refractivity contribution in [3.05, 3.63) is 29.0 Å². The van der Waals surface area contributed by atoms with E-state index in [1.807, 2.05) is 18.3 Å². The van der Waals surface area contributed by atoms with Crippen LogP contribution in [0.15, 0.2) is 23.3 Å². The van der Waals surface area contributed by atoms with Gasteiger partial charge in [0.2, 0.25) is 0 Å². The molecule has 0 atom stereocenters. The van der Waals surface area contributed by atoms with Crippen molar-refractivity contribution in [2.75, 3.05) is 19.6 Å². The molecule has 0 aliphatic heterocycles. The van der Waals surface area contributed by atoms with E-state index in [1.165, 1.54) is 5.56 Å². The van der Waals surface area contributed by atoms with E-state index in [0.717, 1.165) is 38.4 Å². The molecule has 0 saturated heterocycles. The molecule has 0 spiro atoms. The van der Waals surface area contributed by atoms with E-state index in [9.17, 15) is 0 Å². The molecule has 120 valence electrons. The van der Waals surface area contributed by atoms with Crippen LogP contribution < -0.4 is 10.6 Å². The Morgan fingerprint density at radius 3 is 2.67 bits per heavy atom. The summed E-state index contributed by atoms with van der Waals surface area (Å²) in [5.74, 6) is 1.57. The Hall–Kier alpha value is -0.560. The number of hydrogen-bond acceptors (Lipinski definition) is 2. The van der Waals surface area contributed by atoms with Gasteiger partial charge in [0.15, 0.2) is 5.96 Å². The van der Waals surface area contributed by atoms with Gasteiger partial charge in [-0.2, -0.15) is 0 Å². The molecule has 21 heavy (non-hydrogen) atoms. The number of halogens is 2. The number of aromatic nitrogens is 1. The van der Waals surface area contributed by atoms with Crippen molar-refractivity contribution in [2.45, 2.75) is 33.6 Å². The van der Waals surface area contributed by atoms with Gasteiger partial charge in [0.1, 0.15) is 5.15 Å². The van der Waals surface area contributed by atoms with Gasteiger partial charge in [0.05, 0.1) is 0 Å². The van der Waals surface area contributed by atoms with E-state index in [0.29, 0.717) is 11.1 Å². The molecule has 6 heteroatoms. The molecule has 0 saturated carbocycles. The lowest BCUT2D eigenvalue weighted by atomic mass is 10.1. The van der Waals surface area contributed by atoms with Gasteiger partial charge in [-0.05, 0) is 37.3 Å². The lowest BCUT2D eigenvalue weighted by Gasteiger charge is -2.11. The third-order valence-electron chi connectivity index (χ3n) is 2.82. The molecule has 0 aromatic carbocycles. The Morgan fingerprint density at radius 1 is 1.33 bits per heavy atom. The normalized spacial score (nSPS) is 11.2. The lowest BCUT2D eigenvalue weighted by molar-refractivity contribution is 0.594. The van der Waals surface area contributed by atoms with Crippen LogP contribution in [0.1, 0.15) is 32.8 Å². The number of rotatable bonds is 7. The fourth-order valence-corrected chi connectivity index (χ4v) is 1.77. The van der Waals surface area contributed by atoms with E-state index in [1.54, 1.807) is 0 Å². The highest BCUT2D eigenvalue weighted by Gasteiger charge is 1.99. The maximum Gasteiger partial charge on any atom is 0.191 e. The Morgan fingerprint density at radius 2 is 2.10 bits per heavy atom. The molecule has 1 aromatic rings. The van der Waals surface area contributed by atoms with Crippen LogP contribution in [0.2, 0.25) is 5.15 Å². The molecule has 0 radical (unpaired) electrons. The Labute approximate surface area is 150 Å². The van der Waals surface area contributed by atoms with Crippen LogP contribution in [0.25, 0.3) is 0 Å². The third-order valence-corrected chi connectivity index (χ3v) is 3.04. The second kappa shape index (κ2) is 12.0. The summed E-state index contributed by atoms with van der Waals surface area (Å²) in [6, 6.07) is 3.82. The largest absolute Gasteiger partial charge is 0.357 e. The first kappa shape index (κ1) is 20.4. The van der Waals surface area contributed by atoms with Gasteiger partial charge in [0.25, 0.3) is 0 Å². The molecular weight excluding hydrogens is 399 g/mol. The van der Waals surface area contributed by atoms with Crippen molar-refractivity contribution in [3.8, 4) is 0 Å². The van der Waals surface area contributed by atoms with Crippen LogP contribution in [-0.4, -0.2) is 30.6 Å². The van der Waals surface area contributed by atoms with Crippen molar-refractivity contribution in [3.63, 3.8) is 0 Å². The van der Waals surface area contributed by atoms with E-state index in [-0.39, 0.29) is 24.0 Å². The van der Waals surface area contributed by atoms with E-state index in [4.69, 9.17) is 11.6 Å². The number of aliphatic imine (C=N–C) groups is 1. The first-order valence-electron chi connectivity index (χ1n) is 7.24. The van der Waals surface area contributed by atoms with Crippen LogP contribution in [-0.2, 0) is 6.42 Å². The van der Waals surface area contributed by atoms with Crippen molar-refractivity contribution in [1.82, 2.24) is 15.6 Å². The number of guanidine groups is 1. The van der Waals surface area contributed by atoms with Gasteiger partial charge in [-0.25, -0.2) is 4.98 Å². The number of nitrogens with zero attached hydrogens (tertiary/aromatic N) is 2. The summed E-state index contributed by atoms with van der Waals surface area (Å²) >= 11 is 5.76. The third kappa shape index (κ3) is 9.90. The lowest BCUT2D eigenvalue weighted by Crippen LogP contribution is -2.38. The number of pyridine rings is 1. The highest BCUT2D eigenvalue weighted by atomic mass is 127. The highest BCUT2D eigenvalue weighted by molar-refractivity contribution is 14.0. The topological polar surface area (TPSA) is 49.3 Å². The molecule has 0 amide bonds. The fraction of sp³-hybridized carbons (Fsp3) is 0.600. The Balaban J connectivity index is 0.00000400. The van der Waals surface area contributed by atoms with Gasteiger partial charge in [-0.3, -0.25) is 4.99 Å². The highest BCUT2D eigenvalue weighted by Crippen LogP contribution is 2.05. The van der Waals surface area contributed by atoms with Gasteiger partial charge in [-0.1, -0.05) is 31.5 Å². The number of hydrogen-bond donors (Lipinski definition) is 2. The predicted molar refractivity (Wildman–Crippen MR) is 102 cm³/mol. The summed E-state index contributed by atoms with van der Waals surface area (Å²) in [6.45, 7) is 9.05. The summed E-state index contributed by atoms with van der Waals surface area (Å²) < 4.78 is 0. The van der Waals surface area contributed by atoms with Crippen molar-refractivity contribution in [1.29, 1.82) is 0 Å². The van der Waals surface area contributed by atoms with E-state index < -0.39 is 0 Å². The smallest absolute Gasteiger partial charge is 0.191 e. The van der Waals surface area contributed by atoms with E-state index in [2.05, 4.69) is 41.4 Å². The van der Waals surface area contributed by atoms with Crippen molar-refractivity contribution < 1.29 is 0 Å². The molecule has 0 fully saturated rings. The van der Waals surface area contributed by atoms with Gasteiger partial charge >= 0.3 is 0 Å². The second-order valence-electron chi connectivity index (χ2n) is 5.11. The van der Waals surface area contributed by atoms with Crippen LogP contribution in [0.4, 0.5) is 0 Å². The average Bonchev–Trinajstić information content (AvgIpc) is 2.40. The van der Waals surface area contributed by atoms with Crippen LogP contribution in [0.5, 0.6) is 0 Å². The van der Waals surface area contributed by atoms with Gasteiger partial charge in [-0.15, -0.1) is 24.0 Å². The summed E-state index contributed by atoms with van der Waals surface area (Å²) in [6.07, 6.45) is 3.82. The summed E-state index contributed by atoms with van der Waals surface area (Å²) in [5.41, 5.74) is 1.17. The monoisotopic (exact) mass is 424 g/mol. The van der Waals surface area contributed by atoms with Gasteiger partial charge < -0.3 is 10.6 Å². The fourth-order valence-electron chi connectivity index (χ4n) is 1.66. The molecule has 0 aliphatic carbocycles. The first-order chi connectivity index (χ1) is 9.61. The van der Waals surface area contributed by atoms with Crippen LogP contribution in [0.3, 0.4) is 0 Å². The molecule has 2 N–H and O–H groups in total. The quantitative estimate of drug-likeness (QED) is 0.305. The molecule has 0 unspecified atom stereocenters. The summed E-state index contributed by atoms with van der Waals surface area (Å²) in [4.78, 5) is 8.63. The Kier molecular flexibility index (Phi) is 11.7. The van der Waals surface area contributed by atoms with Crippen molar-refractivity contribution in [2.24, 2.45) is 10.9 Å². The molecule has 0 aliphatic rings. The Bertz CT molecular complexity index is 407. The van der Waals surface area contributed by atoms with E-state index >= 15 is 0 Å². The van der Waals surface area contributed by atoms with Gasteiger partial charge in [0, 0.05) is 25.8 Å². The minimum atomic E-state index is 0. The zero-order chi connectivity index (χ0) is 14.8. The minimum absolute atomic E-state index is 0. The summed E-state index contributed by atoms with van der Waals surface area (Å²) in [5, 5.41) is 7.12. The standard InChI is InChI=1S/C15H25ClN4.HI/c1-4-17-15(18-9-7-12(2)3)19-10-8-13-5-6-14(16)20-11-13;/h5-6,11-12H,4,7-10H2,1-3H3,(H2,17,18,19);1H.